The fraction of sp³-hybridized carbons (Fsp3) is 0.769. The van der Waals surface area contributed by atoms with Crippen LogP contribution in [-0.4, -0.2) is 53.1 Å². The third kappa shape index (κ3) is 2.66. The van der Waals surface area contributed by atoms with E-state index in [-0.39, 0.29) is 35.6 Å². The summed E-state index contributed by atoms with van der Waals surface area (Å²) in [5, 5.41) is 0. The smallest absolute Gasteiger partial charge is 0.303 e. The number of fused-ring (bicyclic) bond motifs is 3. The Morgan fingerprint density at radius 2 is 1.79 bits per heavy atom. The average molecular weight is 477 g/mol. The zero-order chi connectivity index (χ0) is 24.9. The second-order valence-electron chi connectivity index (χ2n) is 11.6. The fourth-order valence-corrected chi connectivity index (χ4v) is 8.67. The van der Waals surface area contributed by atoms with Gasteiger partial charge in [0.2, 0.25) is 11.4 Å². The molecule has 0 N–H and O–H groups in total. The molecule has 4 aliphatic carbocycles. The summed E-state index contributed by atoms with van der Waals surface area (Å²) in [6.45, 7) is 7.02. The first-order chi connectivity index (χ1) is 15.7. The number of esters is 2. The normalized spacial score (nSPS) is 48.5. The highest BCUT2D eigenvalue weighted by Crippen LogP contribution is 2.78. The Balaban J connectivity index is 1.60. The predicted molar refractivity (Wildman–Crippen MR) is 117 cm³/mol. The number of epoxide rings is 1. The van der Waals surface area contributed by atoms with E-state index < -0.39 is 46.6 Å². The third-order valence-electron chi connectivity index (χ3n) is 9.96. The number of halogens is 1. The van der Waals surface area contributed by atoms with Crippen molar-refractivity contribution in [1.29, 1.82) is 0 Å². The molecule has 0 aromatic rings. The van der Waals surface area contributed by atoms with E-state index in [1.54, 1.807) is 6.08 Å². The summed E-state index contributed by atoms with van der Waals surface area (Å²) < 4.78 is 33.8. The van der Waals surface area contributed by atoms with Crippen molar-refractivity contribution in [1.82, 2.24) is 0 Å². The number of hydrogen-bond donors (Lipinski definition) is 0. The molecule has 8 atom stereocenters. The SMILES string of the molecule is CC(=O)OCC(=O)[C@@]1(OC(C)=O)C(C)(F)C[C@H]2[C@@H]3CCC4=CC(=O)CC[C@]4(C)[C@]34OC4C[C@@]21C. The molecule has 1 saturated heterocycles. The molecule has 0 aromatic heterocycles. The largest absolute Gasteiger partial charge is 0.458 e. The van der Waals surface area contributed by atoms with Crippen molar-refractivity contribution in [3.63, 3.8) is 0 Å². The molecule has 1 aliphatic heterocycles. The Morgan fingerprint density at radius 3 is 2.44 bits per heavy atom. The molecule has 0 aromatic carbocycles. The fourth-order valence-electron chi connectivity index (χ4n) is 8.67. The number of carbonyl (C=O) groups is 4. The van der Waals surface area contributed by atoms with Gasteiger partial charge in [-0.15, -0.1) is 0 Å². The van der Waals surface area contributed by atoms with Gasteiger partial charge in [-0.1, -0.05) is 19.4 Å². The van der Waals surface area contributed by atoms with E-state index >= 15 is 4.39 Å². The summed E-state index contributed by atoms with van der Waals surface area (Å²) in [6, 6.07) is 0. The number of hydrogen-bond acceptors (Lipinski definition) is 7. The lowest BCUT2D eigenvalue weighted by Gasteiger charge is -2.56. The number of ether oxygens (including phenoxy) is 3. The van der Waals surface area contributed by atoms with Gasteiger partial charge in [0, 0.05) is 31.1 Å². The minimum Gasteiger partial charge on any atom is -0.458 e. The van der Waals surface area contributed by atoms with Gasteiger partial charge in [-0.2, -0.15) is 0 Å². The number of Topliss-reactive ketones (excluding diaryl/α,β-unsaturated/α-hetero) is 1. The van der Waals surface area contributed by atoms with E-state index in [4.69, 9.17) is 14.2 Å². The van der Waals surface area contributed by atoms with Crippen molar-refractivity contribution in [2.24, 2.45) is 22.7 Å². The molecule has 5 rings (SSSR count). The molecule has 3 saturated carbocycles. The highest BCUT2D eigenvalue weighted by molar-refractivity contribution is 5.95. The second-order valence-corrected chi connectivity index (χ2v) is 11.6. The molecule has 1 spiro atoms. The first kappa shape index (κ1) is 23.6. The molecule has 4 fully saturated rings. The monoisotopic (exact) mass is 476 g/mol. The molecule has 34 heavy (non-hydrogen) atoms. The third-order valence-corrected chi connectivity index (χ3v) is 9.96. The van der Waals surface area contributed by atoms with Crippen LogP contribution in [0.25, 0.3) is 0 Å². The van der Waals surface area contributed by atoms with Crippen molar-refractivity contribution < 1.29 is 37.8 Å². The highest BCUT2D eigenvalue weighted by atomic mass is 19.1. The van der Waals surface area contributed by atoms with E-state index in [9.17, 15) is 19.2 Å². The van der Waals surface area contributed by atoms with Crippen LogP contribution < -0.4 is 0 Å². The van der Waals surface area contributed by atoms with Crippen LogP contribution >= 0.6 is 0 Å². The maximum Gasteiger partial charge on any atom is 0.303 e. The molecule has 8 heteroatoms. The lowest BCUT2D eigenvalue weighted by atomic mass is 9.46. The van der Waals surface area contributed by atoms with Gasteiger partial charge in [0.1, 0.15) is 5.60 Å². The van der Waals surface area contributed by atoms with Crippen molar-refractivity contribution in [2.75, 3.05) is 6.61 Å². The van der Waals surface area contributed by atoms with Gasteiger partial charge in [-0.3, -0.25) is 19.2 Å². The summed E-state index contributed by atoms with van der Waals surface area (Å²) in [5.41, 5.74) is -4.95. The molecular formula is C26H33FO7. The molecule has 186 valence electrons. The molecular weight excluding hydrogens is 443 g/mol. The van der Waals surface area contributed by atoms with E-state index in [0.717, 1.165) is 18.4 Å². The summed E-state index contributed by atoms with van der Waals surface area (Å²) in [5.74, 6) is -2.32. The number of alkyl halides is 1. The molecule has 0 radical (unpaired) electrons. The lowest BCUT2D eigenvalue weighted by Crippen LogP contribution is -2.67. The molecule has 0 bridgehead atoms. The molecule has 0 amide bonds. The summed E-state index contributed by atoms with van der Waals surface area (Å²) >= 11 is 0. The van der Waals surface area contributed by atoms with Crippen LogP contribution in [0.15, 0.2) is 11.6 Å². The van der Waals surface area contributed by atoms with Gasteiger partial charge >= 0.3 is 11.9 Å². The molecule has 2 unspecified atom stereocenters. The average Bonchev–Trinajstić information content (AvgIpc) is 3.41. The minimum absolute atomic E-state index is 0.0408. The van der Waals surface area contributed by atoms with E-state index in [1.807, 2.05) is 6.92 Å². The van der Waals surface area contributed by atoms with Gasteiger partial charge in [-0.05, 0) is 56.9 Å². The zero-order valence-electron chi connectivity index (χ0n) is 20.5. The number of ketones is 2. The van der Waals surface area contributed by atoms with E-state index in [1.165, 1.54) is 20.8 Å². The zero-order valence-corrected chi connectivity index (χ0v) is 20.5. The van der Waals surface area contributed by atoms with Gasteiger partial charge in [0.05, 0.1) is 6.10 Å². The van der Waals surface area contributed by atoms with E-state index in [0.29, 0.717) is 19.3 Å². The van der Waals surface area contributed by atoms with Gasteiger partial charge in [-0.25, -0.2) is 4.39 Å². The molecule has 7 nitrogen and oxygen atoms in total. The second kappa shape index (κ2) is 6.99. The Kier molecular flexibility index (Phi) is 4.86. The minimum atomic E-state index is -2.15. The first-order valence-electron chi connectivity index (χ1n) is 12.2. The quantitative estimate of drug-likeness (QED) is 0.453. The van der Waals surface area contributed by atoms with Crippen molar-refractivity contribution in [2.45, 2.75) is 96.1 Å². The standard InChI is InChI=1S/C26H33FO7/c1-14(28)32-13-20(31)26(33-15(2)29)23(4)12-21-25(34-21)18(19(23)11-24(26,5)27)7-6-16-10-17(30)8-9-22(16,25)3/h10,18-19,21H,6-9,11-13H2,1-5H3/t18-,19-,21?,22-,23-,24?,25-,26-/m0/s1. The van der Waals surface area contributed by atoms with Crippen LogP contribution in [-0.2, 0) is 33.4 Å². The highest BCUT2D eigenvalue weighted by Gasteiger charge is 2.86. The molecule has 1 heterocycles. The van der Waals surface area contributed by atoms with Crippen LogP contribution in [0.4, 0.5) is 4.39 Å². The van der Waals surface area contributed by atoms with Gasteiger partial charge in [0.25, 0.3) is 0 Å². The van der Waals surface area contributed by atoms with Crippen molar-refractivity contribution in [3.8, 4) is 0 Å². The van der Waals surface area contributed by atoms with Gasteiger partial charge in [0.15, 0.2) is 18.1 Å². The Hall–Kier alpha value is -2.09. The molecule has 5 aliphatic rings. The summed E-state index contributed by atoms with van der Waals surface area (Å²) in [6.07, 6.45) is 4.54. The maximum absolute atomic E-state index is 16.7. The number of carbonyl (C=O) groups excluding carboxylic acids is 4. The van der Waals surface area contributed by atoms with Crippen LogP contribution in [0, 0.1) is 22.7 Å². The Labute approximate surface area is 198 Å². The summed E-state index contributed by atoms with van der Waals surface area (Å²) in [4.78, 5) is 49.4. The van der Waals surface area contributed by atoms with Crippen LogP contribution in [0.2, 0.25) is 0 Å². The Morgan fingerprint density at radius 1 is 1.09 bits per heavy atom. The number of rotatable bonds is 4. The van der Waals surface area contributed by atoms with Crippen LogP contribution in [0.1, 0.15) is 73.1 Å². The lowest BCUT2D eigenvalue weighted by molar-refractivity contribution is -0.205. The van der Waals surface area contributed by atoms with Crippen LogP contribution in [0.5, 0.6) is 0 Å². The van der Waals surface area contributed by atoms with Gasteiger partial charge < -0.3 is 14.2 Å². The Bertz CT molecular complexity index is 1030. The maximum atomic E-state index is 16.7. The van der Waals surface area contributed by atoms with E-state index in [2.05, 4.69) is 6.92 Å². The topological polar surface area (TPSA) is 99.3 Å². The van der Waals surface area contributed by atoms with Crippen molar-refractivity contribution >= 4 is 23.5 Å². The van der Waals surface area contributed by atoms with Crippen molar-refractivity contribution in [3.05, 3.63) is 11.6 Å². The van der Waals surface area contributed by atoms with Crippen LogP contribution in [0.3, 0.4) is 0 Å². The predicted octanol–water partition coefficient (Wildman–Crippen LogP) is 3.42. The first-order valence-corrected chi connectivity index (χ1v) is 12.2. The summed E-state index contributed by atoms with van der Waals surface area (Å²) in [7, 11) is 0.